The van der Waals surface area contributed by atoms with Crippen molar-refractivity contribution in [1.29, 1.82) is 5.26 Å². The molecule has 0 aliphatic heterocycles. The molecule has 1 saturated carbocycles. The second-order valence-electron chi connectivity index (χ2n) is 5.31. The van der Waals surface area contributed by atoms with E-state index in [4.69, 9.17) is 5.26 Å². The number of hydrogen-bond donors (Lipinski definition) is 0. The van der Waals surface area contributed by atoms with Crippen molar-refractivity contribution in [1.82, 2.24) is 4.98 Å². The summed E-state index contributed by atoms with van der Waals surface area (Å²) in [6.45, 7) is 2.37. The van der Waals surface area contributed by atoms with Crippen molar-refractivity contribution in [2.24, 2.45) is 11.8 Å². The first-order chi connectivity index (χ1) is 8.76. The van der Waals surface area contributed by atoms with Crippen molar-refractivity contribution in [2.75, 3.05) is 0 Å². The first-order valence-electron chi connectivity index (χ1n) is 6.56. The van der Waals surface area contributed by atoms with Gasteiger partial charge in [0.15, 0.2) is 5.01 Å². The maximum atomic E-state index is 8.87. The van der Waals surface area contributed by atoms with Gasteiger partial charge in [-0.25, -0.2) is 4.98 Å². The molecular formula is C15H16N2S. The maximum Gasteiger partial charge on any atom is 0.195 e. The van der Waals surface area contributed by atoms with Crippen LogP contribution >= 0.6 is 11.3 Å². The lowest BCUT2D eigenvalue weighted by molar-refractivity contribution is 0.417. The lowest BCUT2D eigenvalue weighted by Gasteiger charge is -2.14. The van der Waals surface area contributed by atoms with Crippen molar-refractivity contribution in [2.45, 2.75) is 32.6 Å². The van der Waals surface area contributed by atoms with Crippen molar-refractivity contribution in [3.63, 3.8) is 0 Å². The fourth-order valence-corrected chi connectivity index (χ4v) is 3.72. The van der Waals surface area contributed by atoms with E-state index in [1.54, 1.807) is 0 Å². The van der Waals surface area contributed by atoms with Crippen molar-refractivity contribution in [3.05, 3.63) is 28.8 Å². The molecule has 0 bridgehead atoms. The van der Waals surface area contributed by atoms with Crippen LogP contribution in [0.3, 0.4) is 0 Å². The van der Waals surface area contributed by atoms with Crippen LogP contribution in [0.25, 0.3) is 10.2 Å². The number of nitrogens with zero attached hydrogens (tertiary/aromatic N) is 2. The summed E-state index contributed by atoms with van der Waals surface area (Å²) in [4.78, 5) is 4.34. The van der Waals surface area contributed by atoms with Gasteiger partial charge in [0, 0.05) is 0 Å². The zero-order chi connectivity index (χ0) is 12.5. The Morgan fingerprint density at radius 1 is 1.44 bits per heavy atom. The molecule has 2 nitrogen and oxygen atoms in total. The fraction of sp³-hybridized carbons (Fsp3) is 0.467. The van der Waals surface area contributed by atoms with Crippen LogP contribution in [0.4, 0.5) is 0 Å². The number of rotatable bonds is 2. The number of aromatic nitrogens is 1. The van der Waals surface area contributed by atoms with Gasteiger partial charge in [-0.05, 0) is 42.4 Å². The number of benzene rings is 1. The predicted molar refractivity (Wildman–Crippen MR) is 74.5 cm³/mol. The Kier molecular flexibility index (Phi) is 3.05. The van der Waals surface area contributed by atoms with E-state index in [0.29, 0.717) is 5.01 Å². The number of thiazole rings is 1. The summed E-state index contributed by atoms with van der Waals surface area (Å²) < 4.78 is 1.12. The normalized spacial score (nSPS) is 23.3. The minimum absolute atomic E-state index is 0.566. The highest BCUT2D eigenvalue weighted by Gasteiger charge is 2.23. The van der Waals surface area contributed by atoms with Gasteiger partial charge in [-0.3, -0.25) is 0 Å². The third kappa shape index (κ3) is 2.13. The number of nitriles is 1. The molecule has 1 aliphatic carbocycles. The topological polar surface area (TPSA) is 36.7 Å². The Morgan fingerprint density at radius 3 is 3.06 bits per heavy atom. The van der Waals surface area contributed by atoms with Gasteiger partial charge in [0.25, 0.3) is 0 Å². The maximum absolute atomic E-state index is 8.87. The molecule has 1 heterocycles. The highest BCUT2D eigenvalue weighted by molar-refractivity contribution is 7.19. The second kappa shape index (κ2) is 4.70. The third-order valence-electron chi connectivity index (χ3n) is 4.08. The zero-order valence-electron chi connectivity index (χ0n) is 10.5. The molecule has 1 aromatic carbocycles. The Balaban J connectivity index is 1.86. The van der Waals surface area contributed by atoms with Crippen molar-refractivity contribution >= 4 is 21.6 Å². The molecule has 1 fully saturated rings. The van der Waals surface area contributed by atoms with Crippen LogP contribution in [0, 0.1) is 23.2 Å². The fourth-order valence-electron chi connectivity index (χ4n) is 2.98. The van der Waals surface area contributed by atoms with E-state index in [1.165, 1.54) is 36.2 Å². The molecule has 1 aromatic heterocycles. The Hall–Kier alpha value is -1.40. The van der Waals surface area contributed by atoms with Crippen LogP contribution < -0.4 is 0 Å². The summed E-state index contributed by atoms with van der Waals surface area (Å²) in [5.74, 6) is 1.68. The highest BCUT2D eigenvalue weighted by Crippen LogP contribution is 2.34. The van der Waals surface area contributed by atoms with Crippen molar-refractivity contribution < 1.29 is 0 Å². The number of fused-ring (bicyclic) bond motifs is 1. The summed E-state index contributed by atoms with van der Waals surface area (Å²) in [5, 5.41) is 9.44. The first kappa shape index (κ1) is 11.7. The van der Waals surface area contributed by atoms with E-state index in [-0.39, 0.29) is 0 Å². The lowest BCUT2D eigenvalue weighted by atomic mass is 9.91. The molecule has 0 N–H and O–H groups in total. The SMILES string of the molecule is CC1CCCC1Cc1ccc2sc(C#N)nc2c1. The van der Waals surface area contributed by atoms with Crippen LogP contribution in [-0.2, 0) is 6.42 Å². The van der Waals surface area contributed by atoms with Gasteiger partial charge in [0.1, 0.15) is 6.07 Å². The lowest BCUT2D eigenvalue weighted by Crippen LogP contribution is -2.07. The zero-order valence-corrected chi connectivity index (χ0v) is 11.3. The van der Waals surface area contributed by atoms with E-state index in [1.807, 2.05) is 0 Å². The van der Waals surface area contributed by atoms with Crippen molar-refractivity contribution in [3.8, 4) is 6.07 Å². The van der Waals surface area contributed by atoms with E-state index >= 15 is 0 Å². The predicted octanol–water partition coefficient (Wildman–Crippen LogP) is 4.15. The summed E-state index contributed by atoms with van der Waals surface area (Å²) in [6.07, 6.45) is 5.28. The summed E-state index contributed by atoms with van der Waals surface area (Å²) in [5.41, 5.74) is 2.36. The van der Waals surface area contributed by atoms with Gasteiger partial charge in [-0.1, -0.05) is 25.8 Å². The molecule has 2 unspecified atom stereocenters. The average molecular weight is 256 g/mol. The molecule has 18 heavy (non-hydrogen) atoms. The van der Waals surface area contributed by atoms with Crippen LogP contribution in [-0.4, -0.2) is 4.98 Å². The van der Waals surface area contributed by atoms with Gasteiger partial charge in [-0.15, -0.1) is 11.3 Å². The largest absolute Gasteiger partial charge is 0.226 e. The van der Waals surface area contributed by atoms with Gasteiger partial charge < -0.3 is 0 Å². The Morgan fingerprint density at radius 2 is 2.33 bits per heavy atom. The smallest absolute Gasteiger partial charge is 0.195 e. The minimum Gasteiger partial charge on any atom is -0.226 e. The average Bonchev–Trinajstić information content (AvgIpc) is 2.95. The molecule has 0 amide bonds. The van der Waals surface area contributed by atoms with E-state index in [9.17, 15) is 0 Å². The molecular weight excluding hydrogens is 240 g/mol. The van der Waals surface area contributed by atoms with Crippen LogP contribution in [0.1, 0.15) is 36.8 Å². The molecule has 0 radical (unpaired) electrons. The Labute approximate surface area is 111 Å². The quantitative estimate of drug-likeness (QED) is 0.809. The van der Waals surface area contributed by atoms with Crippen LogP contribution in [0.2, 0.25) is 0 Å². The third-order valence-corrected chi connectivity index (χ3v) is 5.03. The summed E-state index contributed by atoms with van der Waals surface area (Å²) in [7, 11) is 0. The van der Waals surface area contributed by atoms with Gasteiger partial charge in [0.05, 0.1) is 10.2 Å². The van der Waals surface area contributed by atoms with Gasteiger partial charge in [0.2, 0.25) is 0 Å². The summed E-state index contributed by atoms with van der Waals surface area (Å²) >= 11 is 1.48. The highest BCUT2D eigenvalue weighted by atomic mass is 32.1. The van der Waals surface area contributed by atoms with Crippen LogP contribution in [0.15, 0.2) is 18.2 Å². The van der Waals surface area contributed by atoms with Crippen LogP contribution in [0.5, 0.6) is 0 Å². The van der Waals surface area contributed by atoms with Gasteiger partial charge >= 0.3 is 0 Å². The number of hydrogen-bond acceptors (Lipinski definition) is 3. The van der Waals surface area contributed by atoms with Gasteiger partial charge in [-0.2, -0.15) is 5.26 Å². The minimum atomic E-state index is 0.566. The summed E-state index contributed by atoms with van der Waals surface area (Å²) in [6, 6.07) is 8.60. The molecule has 3 heteroatoms. The monoisotopic (exact) mass is 256 g/mol. The van der Waals surface area contributed by atoms with E-state index < -0.39 is 0 Å². The Bertz CT molecular complexity index is 608. The molecule has 2 aromatic rings. The van der Waals surface area contributed by atoms with E-state index in [0.717, 1.165) is 28.5 Å². The molecule has 0 saturated heterocycles. The molecule has 92 valence electrons. The molecule has 2 atom stereocenters. The molecule has 1 aliphatic rings. The molecule has 0 spiro atoms. The standard InChI is InChI=1S/C15H16N2S/c1-10-3-2-4-12(10)7-11-5-6-14-13(8-11)17-15(9-16)18-14/h5-6,8,10,12H,2-4,7H2,1H3. The molecule has 3 rings (SSSR count). The first-order valence-corrected chi connectivity index (χ1v) is 7.37. The van der Waals surface area contributed by atoms with E-state index in [2.05, 4.69) is 36.2 Å². The second-order valence-corrected chi connectivity index (χ2v) is 6.34.